The van der Waals surface area contributed by atoms with Crippen molar-refractivity contribution in [3.8, 4) is 11.4 Å². The van der Waals surface area contributed by atoms with Crippen LogP contribution in [-0.2, 0) is 0 Å². The van der Waals surface area contributed by atoms with Crippen molar-refractivity contribution in [2.24, 2.45) is 5.92 Å². The van der Waals surface area contributed by atoms with Crippen molar-refractivity contribution in [3.05, 3.63) is 28.5 Å². The summed E-state index contributed by atoms with van der Waals surface area (Å²) in [5, 5.41) is 9.81. The Bertz CT molecular complexity index is 683. The number of hydrogen-bond acceptors (Lipinski definition) is 6. The molecular formula is C19H28N4S2. The van der Waals surface area contributed by atoms with E-state index in [0.717, 1.165) is 34.0 Å². The topological polar surface area (TPSA) is 41.0 Å². The molecule has 4 nitrogen and oxygen atoms in total. The summed E-state index contributed by atoms with van der Waals surface area (Å²) >= 11 is 3.35. The van der Waals surface area contributed by atoms with Gasteiger partial charge in [0.1, 0.15) is 11.4 Å². The molecule has 0 amide bonds. The molecule has 0 saturated heterocycles. The summed E-state index contributed by atoms with van der Waals surface area (Å²) in [4.78, 5) is 11.6. The van der Waals surface area contributed by atoms with E-state index in [1.807, 2.05) is 13.1 Å². The highest BCUT2D eigenvalue weighted by atomic mass is 32.1. The molecule has 0 aromatic carbocycles. The van der Waals surface area contributed by atoms with E-state index in [2.05, 4.69) is 51.4 Å². The molecule has 0 aliphatic heterocycles. The molecule has 1 saturated carbocycles. The van der Waals surface area contributed by atoms with Crippen LogP contribution in [0.25, 0.3) is 11.4 Å². The Morgan fingerprint density at radius 2 is 1.88 bits per heavy atom. The summed E-state index contributed by atoms with van der Waals surface area (Å²) in [5.41, 5.74) is 1.98. The Balaban J connectivity index is 1.47. The highest BCUT2D eigenvalue weighted by molar-refractivity contribution is 7.14. The van der Waals surface area contributed by atoms with Crippen LogP contribution in [0.1, 0.15) is 44.5 Å². The fraction of sp³-hybridized carbons (Fsp3) is 0.579. The fourth-order valence-electron chi connectivity index (χ4n) is 3.61. The average Bonchev–Trinajstić information content (AvgIpc) is 3.23. The normalized spacial score (nSPS) is 20.6. The molecule has 1 N–H and O–H groups in total. The fourth-order valence-corrected chi connectivity index (χ4v) is 4.94. The third-order valence-corrected chi connectivity index (χ3v) is 6.55. The van der Waals surface area contributed by atoms with Crippen molar-refractivity contribution >= 4 is 27.8 Å². The lowest BCUT2D eigenvalue weighted by Gasteiger charge is -2.38. The van der Waals surface area contributed by atoms with Gasteiger partial charge in [-0.1, -0.05) is 6.58 Å². The van der Waals surface area contributed by atoms with Crippen molar-refractivity contribution in [1.82, 2.24) is 14.9 Å². The first kappa shape index (κ1) is 18.4. The quantitative estimate of drug-likeness (QED) is 0.702. The SMILES string of the molecule is C=CN(C(C)C)C1CCC(CNc2nc(-c3csc(C)n3)cs2)CC1. The van der Waals surface area contributed by atoms with Crippen molar-refractivity contribution < 1.29 is 0 Å². The van der Waals surface area contributed by atoms with Crippen LogP contribution in [0.4, 0.5) is 5.13 Å². The van der Waals surface area contributed by atoms with Crippen LogP contribution in [0.5, 0.6) is 0 Å². The predicted octanol–water partition coefficient (Wildman–Crippen LogP) is 5.40. The van der Waals surface area contributed by atoms with Gasteiger partial charge >= 0.3 is 0 Å². The largest absolute Gasteiger partial charge is 0.373 e. The molecule has 0 spiro atoms. The third-order valence-electron chi connectivity index (χ3n) is 4.97. The van der Waals surface area contributed by atoms with E-state index in [0.29, 0.717) is 12.1 Å². The zero-order chi connectivity index (χ0) is 17.8. The van der Waals surface area contributed by atoms with Crippen LogP contribution >= 0.6 is 22.7 Å². The number of aryl methyl sites for hydroxylation is 1. The maximum absolute atomic E-state index is 4.69. The molecular weight excluding hydrogens is 348 g/mol. The summed E-state index contributed by atoms with van der Waals surface area (Å²) in [6.07, 6.45) is 7.09. The lowest BCUT2D eigenvalue weighted by molar-refractivity contribution is 0.161. The summed E-state index contributed by atoms with van der Waals surface area (Å²) in [5.74, 6) is 0.740. The van der Waals surface area contributed by atoms with E-state index in [1.54, 1.807) is 22.7 Å². The summed E-state index contributed by atoms with van der Waals surface area (Å²) in [6.45, 7) is 11.5. The molecule has 0 radical (unpaired) electrons. The lowest BCUT2D eigenvalue weighted by atomic mass is 9.85. The molecule has 1 aliphatic rings. The zero-order valence-electron chi connectivity index (χ0n) is 15.4. The Kier molecular flexibility index (Phi) is 6.12. The minimum atomic E-state index is 0.542. The molecule has 6 heteroatoms. The Hall–Kier alpha value is -1.40. The van der Waals surface area contributed by atoms with E-state index in [9.17, 15) is 0 Å². The molecule has 0 unspecified atom stereocenters. The van der Waals surface area contributed by atoms with Crippen LogP contribution in [-0.4, -0.2) is 33.5 Å². The van der Waals surface area contributed by atoms with Gasteiger partial charge in [-0.25, -0.2) is 9.97 Å². The van der Waals surface area contributed by atoms with Gasteiger partial charge in [-0.3, -0.25) is 0 Å². The second-order valence-corrected chi connectivity index (χ2v) is 8.99. The predicted molar refractivity (Wildman–Crippen MR) is 109 cm³/mol. The van der Waals surface area contributed by atoms with E-state index in [1.165, 1.54) is 25.7 Å². The van der Waals surface area contributed by atoms with Crippen molar-refractivity contribution in [2.75, 3.05) is 11.9 Å². The second kappa shape index (κ2) is 8.32. The number of thiazole rings is 2. The van der Waals surface area contributed by atoms with Crippen molar-refractivity contribution in [1.29, 1.82) is 0 Å². The van der Waals surface area contributed by atoms with Crippen molar-refractivity contribution in [2.45, 2.75) is 58.5 Å². The van der Waals surface area contributed by atoms with Crippen LogP contribution in [0.15, 0.2) is 23.5 Å². The molecule has 3 rings (SSSR count). The minimum absolute atomic E-state index is 0.542. The summed E-state index contributed by atoms with van der Waals surface area (Å²) < 4.78 is 0. The van der Waals surface area contributed by atoms with E-state index >= 15 is 0 Å². The molecule has 2 aromatic rings. The number of hydrogen-bond donors (Lipinski definition) is 1. The molecule has 2 heterocycles. The lowest BCUT2D eigenvalue weighted by Crippen LogP contribution is -2.39. The van der Waals surface area contributed by atoms with Gasteiger partial charge in [0.2, 0.25) is 0 Å². The molecule has 136 valence electrons. The van der Waals surface area contributed by atoms with Gasteiger partial charge in [0.25, 0.3) is 0 Å². The minimum Gasteiger partial charge on any atom is -0.373 e. The highest BCUT2D eigenvalue weighted by Crippen LogP contribution is 2.30. The first-order valence-electron chi connectivity index (χ1n) is 9.08. The molecule has 0 bridgehead atoms. The average molecular weight is 377 g/mol. The summed E-state index contributed by atoms with van der Waals surface area (Å²) in [7, 11) is 0. The van der Waals surface area contributed by atoms with Gasteiger partial charge in [0.05, 0.1) is 5.01 Å². The van der Waals surface area contributed by atoms with Gasteiger partial charge < -0.3 is 10.2 Å². The van der Waals surface area contributed by atoms with Gasteiger partial charge in [0, 0.05) is 29.4 Å². The maximum Gasteiger partial charge on any atom is 0.183 e. The van der Waals surface area contributed by atoms with E-state index < -0.39 is 0 Å². The van der Waals surface area contributed by atoms with Gasteiger partial charge in [-0.2, -0.15) is 0 Å². The second-order valence-electron chi connectivity index (χ2n) is 7.07. The molecule has 1 fully saturated rings. The number of anilines is 1. The van der Waals surface area contributed by atoms with Crippen LogP contribution in [0.3, 0.4) is 0 Å². The molecule has 25 heavy (non-hydrogen) atoms. The van der Waals surface area contributed by atoms with E-state index in [-0.39, 0.29) is 0 Å². The van der Waals surface area contributed by atoms with Crippen LogP contribution in [0, 0.1) is 12.8 Å². The summed E-state index contributed by atoms with van der Waals surface area (Å²) in [6, 6.07) is 1.20. The Morgan fingerprint density at radius 1 is 1.20 bits per heavy atom. The van der Waals surface area contributed by atoms with Crippen LogP contribution < -0.4 is 5.32 Å². The smallest absolute Gasteiger partial charge is 0.183 e. The molecule has 1 aliphatic carbocycles. The Morgan fingerprint density at radius 3 is 2.48 bits per heavy atom. The van der Waals surface area contributed by atoms with E-state index in [4.69, 9.17) is 0 Å². The zero-order valence-corrected chi connectivity index (χ0v) is 17.0. The van der Waals surface area contributed by atoms with Crippen molar-refractivity contribution in [3.63, 3.8) is 0 Å². The van der Waals surface area contributed by atoms with Gasteiger partial charge in [-0.05, 0) is 58.6 Å². The number of rotatable bonds is 7. The maximum atomic E-state index is 4.69. The number of aromatic nitrogens is 2. The monoisotopic (exact) mass is 376 g/mol. The first-order chi connectivity index (χ1) is 12.1. The van der Waals surface area contributed by atoms with Crippen LogP contribution in [0.2, 0.25) is 0 Å². The standard InChI is InChI=1S/C19H28N4S2/c1-5-23(13(2)3)16-8-6-15(7-9-16)10-20-19-22-18(12-25-19)17-11-24-14(4)21-17/h5,11-13,15-16H,1,6-10H2,2-4H3,(H,20,22). The molecule has 0 atom stereocenters. The first-order valence-corrected chi connectivity index (χ1v) is 10.8. The number of nitrogens with one attached hydrogen (secondary N) is 1. The Labute approximate surface area is 159 Å². The highest BCUT2D eigenvalue weighted by Gasteiger charge is 2.25. The molecule has 2 aromatic heterocycles. The third kappa shape index (κ3) is 4.61. The van der Waals surface area contributed by atoms with Gasteiger partial charge in [-0.15, -0.1) is 22.7 Å². The van der Waals surface area contributed by atoms with Gasteiger partial charge in [0.15, 0.2) is 5.13 Å². The number of nitrogens with zero attached hydrogens (tertiary/aromatic N) is 3.